The molecule has 0 aliphatic heterocycles. The second kappa shape index (κ2) is 11.4. The van der Waals surface area contributed by atoms with Crippen molar-refractivity contribution < 1.29 is 29.0 Å². The third kappa shape index (κ3) is 6.00. The predicted molar refractivity (Wildman–Crippen MR) is 130 cm³/mol. The van der Waals surface area contributed by atoms with Crippen molar-refractivity contribution in [3.8, 4) is 11.1 Å². The first-order valence-corrected chi connectivity index (χ1v) is 12.1. The van der Waals surface area contributed by atoms with Crippen molar-refractivity contribution in [2.45, 2.75) is 37.6 Å². The van der Waals surface area contributed by atoms with Crippen LogP contribution in [-0.2, 0) is 19.1 Å². The molecule has 4 rings (SSSR count). The molecule has 2 amide bonds. The van der Waals surface area contributed by atoms with Crippen LogP contribution in [0.25, 0.3) is 11.1 Å². The number of carbonyl (C=O) groups is 3. The number of carboxylic acid groups (broad SMARTS) is 1. The number of benzene rings is 2. The molecular formula is C27H32N2O6. The van der Waals surface area contributed by atoms with Gasteiger partial charge in [-0.2, -0.15) is 0 Å². The van der Waals surface area contributed by atoms with E-state index in [1.165, 1.54) is 0 Å². The lowest BCUT2D eigenvalue weighted by Crippen LogP contribution is -2.49. The third-order valence-electron chi connectivity index (χ3n) is 6.92. The van der Waals surface area contributed by atoms with Gasteiger partial charge in [-0.05, 0) is 46.9 Å². The number of alkyl carbamates (subject to hydrolysis) is 1. The molecule has 186 valence electrons. The van der Waals surface area contributed by atoms with Gasteiger partial charge >= 0.3 is 12.1 Å². The van der Waals surface area contributed by atoms with Crippen molar-refractivity contribution in [3.63, 3.8) is 0 Å². The number of amides is 2. The molecule has 1 fully saturated rings. The number of fused-ring (bicyclic) bond motifs is 3. The second-order valence-electron chi connectivity index (χ2n) is 9.35. The molecule has 0 radical (unpaired) electrons. The molecule has 0 saturated heterocycles. The average Bonchev–Trinajstić information content (AvgIpc) is 3.15. The summed E-state index contributed by atoms with van der Waals surface area (Å²) in [4.78, 5) is 36.2. The number of carbonyl (C=O) groups excluding carboxylic acids is 2. The van der Waals surface area contributed by atoms with Crippen LogP contribution in [-0.4, -0.2) is 56.0 Å². The van der Waals surface area contributed by atoms with E-state index in [2.05, 4.69) is 34.9 Å². The smallest absolute Gasteiger partial charge is 0.407 e. The summed E-state index contributed by atoms with van der Waals surface area (Å²) in [6.45, 7) is 0.947. The number of hydrogen-bond acceptors (Lipinski definition) is 5. The van der Waals surface area contributed by atoms with E-state index in [-0.39, 0.29) is 36.7 Å². The summed E-state index contributed by atoms with van der Waals surface area (Å²) >= 11 is 0. The molecule has 3 N–H and O–H groups in total. The van der Waals surface area contributed by atoms with Crippen LogP contribution in [0.5, 0.6) is 0 Å². The maximum absolute atomic E-state index is 12.7. The summed E-state index contributed by atoms with van der Waals surface area (Å²) in [6.07, 6.45) is 1.42. The largest absolute Gasteiger partial charge is 0.481 e. The summed E-state index contributed by atoms with van der Waals surface area (Å²) in [5, 5.41) is 14.4. The molecule has 0 spiro atoms. The van der Waals surface area contributed by atoms with E-state index in [0.29, 0.717) is 19.6 Å². The third-order valence-corrected chi connectivity index (χ3v) is 6.92. The number of hydrogen-bond donors (Lipinski definition) is 3. The zero-order valence-corrected chi connectivity index (χ0v) is 19.9. The van der Waals surface area contributed by atoms with Gasteiger partial charge in [0.25, 0.3) is 0 Å². The van der Waals surface area contributed by atoms with Crippen LogP contribution in [0, 0.1) is 11.8 Å². The molecule has 1 atom stereocenters. The van der Waals surface area contributed by atoms with Crippen molar-refractivity contribution in [1.82, 2.24) is 10.6 Å². The summed E-state index contributed by atoms with van der Waals surface area (Å²) in [6, 6.07) is 15.4. The van der Waals surface area contributed by atoms with Gasteiger partial charge < -0.3 is 25.2 Å². The zero-order valence-electron chi connectivity index (χ0n) is 19.9. The second-order valence-corrected chi connectivity index (χ2v) is 9.35. The van der Waals surface area contributed by atoms with Gasteiger partial charge in [0.1, 0.15) is 12.6 Å². The standard InChI is InChI=1S/C27H32N2O6/c1-34-11-10-24(26(32)28-15-18-12-17(13-18)14-25(30)31)29-27(33)35-16-23-21-8-4-2-6-19(21)20-7-3-5-9-22(20)23/h2-9,17-18,23-24H,10-16H2,1H3,(H,28,32)(H,29,33)(H,30,31). The Morgan fingerprint density at radius 2 is 1.63 bits per heavy atom. The monoisotopic (exact) mass is 480 g/mol. The van der Waals surface area contributed by atoms with Gasteiger partial charge in [-0.3, -0.25) is 9.59 Å². The quantitative estimate of drug-likeness (QED) is 0.453. The molecule has 8 heteroatoms. The molecule has 2 aromatic carbocycles. The Bertz CT molecular complexity index is 1020. The van der Waals surface area contributed by atoms with Gasteiger partial charge in [0.05, 0.1) is 0 Å². The van der Waals surface area contributed by atoms with E-state index in [0.717, 1.165) is 35.1 Å². The van der Waals surface area contributed by atoms with E-state index < -0.39 is 18.1 Å². The van der Waals surface area contributed by atoms with Crippen LogP contribution in [0.1, 0.15) is 42.7 Å². The fraction of sp³-hybridized carbons (Fsp3) is 0.444. The van der Waals surface area contributed by atoms with Crippen LogP contribution in [0.3, 0.4) is 0 Å². The minimum atomic E-state index is -0.788. The Labute approximate surface area is 205 Å². The summed E-state index contributed by atoms with van der Waals surface area (Å²) in [5.41, 5.74) is 4.54. The highest BCUT2D eigenvalue weighted by Crippen LogP contribution is 2.44. The lowest BCUT2D eigenvalue weighted by molar-refractivity contribution is -0.139. The van der Waals surface area contributed by atoms with Crippen LogP contribution in [0.2, 0.25) is 0 Å². The molecule has 0 heterocycles. The van der Waals surface area contributed by atoms with Gasteiger partial charge in [-0.25, -0.2) is 4.79 Å². The number of rotatable bonds is 11. The minimum Gasteiger partial charge on any atom is -0.481 e. The molecule has 2 aromatic rings. The fourth-order valence-electron chi connectivity index (χ4n) is 5.11. The first-order chi connectivity index (χ1) is 17.0. The zero-order chi connectivity index (χ0) is 24.8. The molecule has 0 bridgehead atoms. The van der Waals surface area contributed by atoms with E-state index in [1.54, 1.807) is 7.11 Å². The van der Waals surface area contributed by atoms with Crippen molar-refractivity contribution in [2.75, 3.05) is 26.9 Å². The maximum atomic E-state index is 12.7. The maximum Gasteiger partial charge on any atom is 0.407 e. The Kier molecular flexibility index (Phi) is 8.02. The Morgan fingerprint density at radius 3 is 2.23 bits per heavy atom. The highest BCUT2D eigenvalue weighted by atomic mass is 16.5. The molecule has 1 unspecified atom stereocenters. The van der Waals surface area contributed by atoms with Crippen molar-refractivity contribution in [2.24, 2.45) is 11.8 Å². The lowest BCUT2D eigenvalue weighted by Gasteiger charge is -2.34. The summed E-state index contributed by atoms with van der Waals surface area (Å²) in [5.74, 6) is -0.697. The van der Waals surface area contributed by atoms with E-state index in [4.69, 9.17) is 14.6 Å². The Hall–Kier alpha value is -3.39. The Balaban J connectivity index is 1.29. The molecular weight excluding hydrogens is 448 g/mol. The number of aliphatic carboxylic acids is 1. The highest BCUT2D eigenvalue weighted by molar-refractivity contribution is 5.85. The summed E-state index contributed by atoms with van der Waals surface area (Å²) in [7, 11) is 1.54. The van der Waals surface area contributed by atoms with Gasteiger partial charge in [0.15, 0.2) is 0 Å². The van der Waals surface area contributed by atoms with E-state index >= 15 is 0 Å². The van der Waals surface area contributed by atoms with Crippen LogP contribution in [0.4, 0.5) is 4.79 Å². The van der Waals surface area contributed by atoms with Crippen LogP contribution < -0.4 is 10.6 Å². The molecule has 2 aliphatic carbocycles. The SMILES string of the molecule is COCCC(NC(=O)OCC1c2ccccc2-c2ccccc21)C(=O)NCC1CC(CC(=O)O)C1. The van der Waals surface area contributed by atoms with E-state index in [9.17, 15) is 14.4 Å². The van der Waals surface area contributed by atoms with Crippen molar-refractivity contribution in [3.05, 3.63) is 59.7 Å². The van der Waals surface area contributed by atoms with Crippen LogP contribution >= 0.6 is 0 Å². The number of carboxylic acids is 1. The molecule has 2 aliphatic rings. The summed E-state index contributed by atoms with van der Waals surface area (Å²) < 4.78 is 10.7. The highest BCUT2D eigenvalue weighted by Gasteiger charge is 2.32. The van der Waals surface area contributed by atoms with Gasteiger partial charge in [-0.1, -0.05) is 48.5 Å². The Morgan fingerprint density at radius 1 is 1.00 bits per heavy atom. The molecule has 8 nitrogen and oxygen atoms in total. The predicted octanol–water partition coefficient (Wildman–Crippen LogP) is 3.55. The first kappa shape index (κ1) is 24.7. The van der Waals surface area contributed by atoms with Crippen molar-refractivity contribution >= 4 is 18.0 Å². The van der Waals surface area contributed by atoms with Crippen LogP contribution in [0.15, 0.2) is 48.5 Å². The fourth-order valence-corrected chi connectivity index (χ4v) is 5.11. The van der Waals surface area contributed by atoms with Gasteiger partial charge in [-0.15, -0.1) is 0 Å². The van der Waals surface area contributed by atoms with Gasteiger partial charge in [0.2, 0.25) is 5.91 Å². The number of nitrogens with one attached hydrogen (secondary N) is 2. The first-order valence-electron chi connectivity index (χ1n) is 12.1. The van der Waals surface area contributed by atoms with Gasteiger partial charge in [0, 0.05) is 39.0 Å². The molecule has 0 aromatic heterocycles. The average molecular weight is 481 g/mol. The minimum absolute atomic E-state index is 0.0585. The number of ether oxygens (including phenoxy) is 2. The molecule has 1 saturated carbocycles. The lowest BCUT2D eigenvalue weighted by atomic mass is 9.73. The topological polar surface area (TPSA) is 114 Å². The normalized spacial score (nSPS) is 19.1. The van der Waals surface area contributed by atoms with Crippen molar-refractivity contribution in [1.29, 1.82) is 0 Å². The number of methoxy groups -OCH3 is 1. The molecule has 35 heavy (non-hydrogen) atoms. The van der Waals surface area contributed by atoms with E-state index in [1.807, 2.05) is 24.3 Å².